The van der Waals surface area contributed by atoms with Gasteiger partial charge >= 0.3 is 0 Å². The van der Waals surface area contributed by atoms with Gasteiger partial charge in [-0.25, -0.2) is 9.37 Å². The lowest BCUT2D eigenvalue weighted by molar-refractivity contribution is -0.113. The van der Waals surface area contributed by atoms with Crippen LogP contribution in [-0.2, 0) is 11.8 Å². The van der Waals surface area contributed by atoms with E-state index in [1.54, 1.807) is 24.4 Å². The van der Waals surface area contributed by atoms with Crippen molar-refractivity contribution in [3.63, 3.8) is 0 Å². The van der Waals surface area contributed by atoms with Crippen LogP contribution in [-0.4, -0.2) is 27.0 Å². The highest BCUT2D eigenvalue weighted by molar-refractivity contribution is 8.00. The summed E-state index contributed by atoms with van der Waals surface area (Å²) in [6.45, 7) is 1.38. The average Bonchev–Trinajstić information content (AvgIpc) is 3.07. The highest BCUT2D eigenvalue weighted by Gasteiger charge is 2.13. The standard InChI is InChI=1S/C20H17ClFN3O2S2/c1-12(26)13-3-5-17(15(22)9-13)28-11-19(27)24-16-10-14(21)4-6-18(16)29-20-23-7-8-25(20)2/h3-10H,11H2,1-2H3,(H,24,27). The number of hydrogen-bond acceptors (Lipinski definition) is 5. The Labute approximate surface area is 181 Å². The number of ketones is 1. The maximum absolute atomic E-state index is 14.1. The Kier molecular flexibility index (Phi) is 7.00. The number of halogens is 2. The summed E-state index contributed by atoms with van der Waals surface area (Å²) in [7, 11) is 1.88. The van der Waals surface area contributed by atoms with Gasteiger partial charge in [-0.05, 0) is 49.0 Å². The fraction of sp³-hybridized carbons (Fsp3) is 0.150. The van der Waals surface area contributed by atoms with E-state index in [1.165, 1.54) is 30.8 Å². The van der Waals surface area contributed by atoms with Gasteiger partial charge in [0.2, 0.25) is 5.91 Å². The van der Waals surface area contributed by atoms with Crippen molar-refractivity contribution in [3.05, 3.63) is 65.2 Å². The zero-order valence-corrected chi connectivity index (χ0v) is 18.0. The van der Waals surface area contributed by atoms with E-state index < -0.39 is 5.82 Å². The smallest absolute Gasteiger partial charge is 0.234 e. The first kappa shape index (κ1) is 21.4. The minimum Gasteiger partial charge on any atom is -0.329 e. The molecule has 1 heterocycles. The third-order valence-electron chi connectivity index (χ3n) is 3.89. The van der Waals surface area contributed by atoms with Crippen molar-refractivity contribution in [1.29, 1.82) is 0 Å². The molecule has 2 aromatic carbocycles. The van der Waals surface area contributed by atoms with Crippen molar-refractivity contribution in [2.75, 3.05) is 11.1 Å². The molecule has 1 N–H and O–H groups in total. The molecule has 29 heavy (non-hydrogen) atoms. The van der Waals surface area contributed by atoms with E-state index >= 15 is 0 Å². The van der Waals surface area contributed by atoms with E-state index in [2.05, 4.69) is 10.3 Å². The third kappa shape index (κ3) is 5.62. The van der Waals surface area contributed by atoms with Crippen molar-refractivity contribution in [2.24, 2.45) is 7.05 Å². The number of thioether (sulfide) groups is 1. The number of carbonyl (C=O) groups excluding carboxylic acids is 2. The van der Waals surface area contributed by atoms with Gasteiger partial charge in [0.1, 0.15) is 5.82 Å². The Morgan fingerprint density at radius 2 is 1.97 bits per heavy atom. The largest absolute Gasteiger partial charge is 0.329 e. The molecule has 0 spiro atoms. The second-order valence-electron chi connectivity index (χ2n) is 6.10. The molecule has 0 atom stereocenters. The van der Waals surface area contributed by atoms with Crippen LogP contribution >= 0.6 is 35.1 Å². The number of nitrogens with zero attached hydrogens (tertiary/aromatic N) is 2. The highest BCUT2D eigenvalue weighted by Crippen LogP contribution is 2.34. The second kappa shape index (κ2) is 9.47. The minimum absolute atomic E-state index is 0.00929. The monoisotopic (exact) mass is 449 g/mol. The van der Waals surface area contributed by atoms with E-state index in [9.17, 15) is 14.0 Å². The SMILES string of the molecule is CC(=O)c1ccc(SCC(=O)Nc2cc(Cl)ccc2Sc2nccn2C)c(F)c1. The fourth-order valence-electron chi connectivity index (χ4n) is 2.40. The van der Waals surface area contributed by atoms with E-state index in [0.717, 1.165) is 21.8 Å². The molecule has 5 nitrogen and oxygen atoms in total. The lowest BCUT2D eigenvalue weighted by Gasteiger charge is -2.11. The summed E-state index contributed by atoms with van der Waals surface area (Å²) in [5.41, 5.74) is 0.856. The molecule has 0 saturated carbocycles. The maximum atomic E-state index is 14.1. The molecule has 150 valence electrons. The molecule has 0 bridgehead atoms. The summed E-state index contributed by atoms with van der Waals surface area (Å²) in [4.78, 5) is 29.1. The van der Waals surface area contributed by atoms with Crippen molar-refractivity contribution < 1.29 is 14.0 Å². The molecule has 1 amide bonds. The van der Waals surface area contributed by atoms with Gasteiger partial charge in [-0.2, -0.15) is 0 Å². The van der Waals surface area contributed by atoms with E-state index in [-0.39, 0.29) is 17.4 Å². The van der Waals surface area contributed by atoms with Gasteiger partial charge < -0.3 is 9.88 Å². The molecule has 9 heteroatoms. The van der Waals surface area contributed by atoms with Crippen molar-refractivity contribution in [2.45, 2.75) is 21.9 Å². The van der Waals surface area contributed by atoms with Gasteiger partial charge in [-0.3, -0.25) is 9.59 Å². The van der Waals surface area contributed by atoms with Crippen LogP contribution in [0.1, 0.15) is 17.3 Å². The lowest BCUT2D eigenvalue weighted by atomic mass is 10.1. The van der Waals surface area contributed by atoms with E-state index in [0.29, 0.717) is 21.2 Å². The second-order valence-corrected chi connectivity index (χ2v) is 8.56. The maximum Gasteiger partial charge on any atom is 0.234 e. The summed E-state index contributed by atoms with van der Waals surface area (Å²) in [6, 6.07) is 9.45. The number of imidazole rings is 1. The van der Waals surface area contributed by atoms with Crippen LogP contribution in [0.4, 0.5) is 10.1 Å². The zero-order valence-electron chi connectivity index (χ0n) is 15.6. The quantitative estimate of drug-likeness (QED) is 0.392. The Morgan fingerprint density at radius 1 is 1.21 bits per heavy atom. The number of rotatable bonds is 7. The summed E-state index contributed by atoms with van der Waals surface area (Å²) < 4.78 is 16.0. The molecular weight excluding hydrogens is 433 g/mol. The van der Waals surface area contributed by atoms with Crippen LogP contribution in [0.2, 0.25) is 5.02 Å². The predicted octanol–water partition coefficient (Wildman–Crippen LogP) is 5.30. The number of Topliss-reactive ketones (excluding diaryl/α,β-unsaturated/α-hetero) is 1. The summed E-state index contributed by atoms with van der Waals surface area (Å²) in [5.74, 6) is -1.02. The van der Waals surface area contributed by atoms with Crippen LogP contribution < -0.4 is 5.32 Å². The van der Waals surface area contributed by atoms with Crippen LogP contribution in [0.25, 0.3) is 0 Å². The number of benzene rings is 2. The average molecular weight is 450 g/mol. The van der Waals surface area contributed by atoms with Crippen LogP contribution in [0, 0.1) is 5.82 Å². The molecule has 3 aromatic rings. The summed E-state index contributed by atoms with van der Waals surface area (Å²) >= 11 is 8.54. The molecule has 0 radical (unpaired) electrons. The van der Waals surface area contributed by atoms with Gasteiger partial charge in [0, 0.05) is 39.8 Å². The van der Waals surface area contributed by atoms with Gasteiger partial charge in [0.25, 0.3) is 0 Å². The normalized spacial score (nSPS) is 10.8. The zero-order chi connectivity index (χ0) is 21.0. The van der Waals surface area contributed by atoms with Crippen molar-refractivity contribution >= 4 is 52.5 Å². The number of anilines is 1. The van der Waals surface area contributed by atoms with E-state index in [1.807, 2.05) is 23.9 Å². The molecule has 0 aliphatic carbocycles. The van der Waals surface area contributed by atoms with Gasteiger partial charge in [-0.1, -0.05) is 17.7 Å². The van der Waals surface area contributed by atoms with Crippen LogP contribution in [0.3, 0.4) is 0 Å². The fourth-order valence-corrected chi connectivity index (χ4v) is 4.17. The Bertz CT molecular complexity index is 1070. The summed E-state index contributed by atoms with van der Waals surface area (Å²) in [5, 5.41) is 4.08. The first-order valence-corrected chi connectivity index (χ1v) is 10.7. The first-order valence-electron chi connectivity index (χ1n) is 8.51. The molecule has 0 saturated heterocycles. The molecule has 0 aliphatic heterocycles. The Balaban J connectivity index is 1.68. The summed E-state index contributed by atoms with van der Waals surface area (Å²) in [6.07, 6.45) is 3.53. The Hall–Kier alpha value is -2.29. The van der Waals surface area contributed by atoms with E-state index in [4.69, 9.17) is 11.6 Å². The predicted molar refractivity (Wildman–Crippen MR) is 115 cm³/mol. The third-order valence-corrected chi connectivity index (χ3v) is 6.33. The Morgan fingerprint density at radius 3 is 2.62 bits per heavy atom. The van der Waals surface area contributed by atoms with Crippen molar-refractivity contribution in [1.82, 2.24) is 9.55 Å². The van der Waals surface area contributed by atoms with Gasteiger partial charge in [0.05, 0.1) is 11.4 Å². The molecule has 0 fully saturated rings. The number of aromatic nitrogens is 2. The number of aryl methyl sites for hydroxylation is 1. The molecule has 1 aromatic heterocycles. The molecule has 3 rings (SSSR count). The number of nitrogens with one attached hydrogen (secondary N) is 1. The number of hydrogen-bond donors (Lipinski definition) is 1. The molecule has 0 unspecified atom stereocenters. The number of amides is 1. The molecule has 0 aliphatic rings. The van der Waals surface area contributed by atoms with Crippen molar-refractivity contribution in [3.8, 4) is 0 Å². The lowest BCUT2D eigenvalue weighted by Crippen LogP contribution is -2.15. The van der Waals surface area contributed by atoms with Crippen LogP contribution in [0.5, 0.6) is 0 Å². The minimum atomic E-state index is -0.524. The van der Waals surface area contributed by atoms with Crippen LogP contribution in [0.15, 0.2) is 63.7 Å². The topological polar surface area (TPSA) is 64.0 Å². The first-order chi connectivity index (χ1) is 13.8. The molecular formula is C20H17ClFN3O2S2. The van der Waals surface area contributed by atoms with Gasteiger partial charge in [0.15, 0.2) is 10.9 Å². The number of carbonyl (C=O) groups is 2. The highest BCUT2D eigenvalue weighted by atomic mass is 35.5. The van der Waals surface area contributed by atoms with Gasteiger partial charge in [-0.15, -0.1) is 11.8 Å².